The van der Waals surface area contributed by atoms with Crippen molar-refractivity contribution in [3.05, 3.63) is 70.2 Å². The number of rotatable bonds is 4. The van der Waals surface area contributed by atoms with E-state index in [9.17, 15) is 4.79 Å². The maximum atomic E-state index is 12.2. The van der Waals surface area contributed by atoms with E-state index >= 15 is 0 Å². The number of nitrogens with one attached hydrogen (secondary N) is 1. The van der Waals surface area contributed by atoms with Crippen molar-refractivity contribution in [3.8, 4) is 5.75 Å². The lowest BCUT2D eigenvalue weighted by atomic mass is 10.1. The van der Waals surface area contributed by atoms with Gasteiger partial charge in [0.05, 0.1) is 4.47 Å². The van der Waals surface area contributed by atoms with Gasteiger partial charge in [-0.15, -0.1) is 0 Å². The fraction of sp³-hybridized carbons (Fsp3) is 0.190. The Bertz CT molecular complexity index is 952. The van der Waals surface area contributed by atoms with E-state index in [-0.39, 0.29) is 12.5 Å². The zero-order chi connectivity index (χ0) is 17.2. The quantitative estimate of drug-likeness (QED) is 0.666. The summed E-state index contributed by atoms with van der Waals surface area (Å²) < 4.78 is 6.58. The fourth-order valence-corrected chi connectivity index (χ4v) is 3.92. The Morgan fingerprint density at radius 1 is 1.04 bits per heavy atom. The van der Waals surface area contributed by atoms with Gasteiger partial charge in [-0.1, -0.05) is 36.4 Å². The van der Waals surface area contributed by atoms with Crippen LogP contribution in [0.15, 0.2) is 59.1 Å². The molecule has 3 aromatic carbocycles. The monoisotopic (exact) mass is 395 g/mol. The Labute approximate surface area is 155 Å². The first-order chi connectivity index (χ1) is 12.2. The number of anilines is 1. The number of benzene rings is 3. The first kappa shape index (κ1) is 16.2. The van der Waals surface area contributed by atoms with E-state index in [2.05, 4.69) is 33.4 Å². The van der Waals surface area contributed by atoms with E-state index in [1.165, 1.54) is 17.5 Å². The van der Waals surface area contributed by atoms with Gasteiger partial charge >= 0.3 is 0 Å². The number of halogens is 1. The normalized spacial score (nSPS) is 12.8. The van der Waals surface area contributed by atoms with E-state index in [0.29, 0.717) is 5.75 Å². The number of hydrogen-bond donors (Lipinski definition) is 1. The average Bonchev–Trinajstić information content (AvgIpc) is 3.09. The predicted molar refractivity (Wildman–Crippen MR) is 104 cm³/mol. The molecule has 0 saturated carbocycles. The topological polar surface area (TPSA) is 38.3 Å². The highest BCUT2D eigenvalue weighted by atomic mass is 79.9. The minimum Gasteiger partial charge on any atom is -0.483 e. The number of carbonyl (C=O) groups is 1. The second-order valence-electron chi connectivity index (χ2n) is 6.27. The van der Waals surface area contributed by atoms with Crippen molar-refractivity contribution >= 4 is 38.3 Å². The lowest BCUT2D eigenvalue weighted by Gasteiger charge is -2.11. The summed E-state index contributed by atoms with van der Waals surface area (Å²) in [5.74, 6) is 0.515. The summed E-state index contributed by atoms with van der Waals surface area (Å²) in [6.45, 7) is -0.0198. The molecule has 1 amide bonds. The van der Waals surface area contributed by atoms with E-state index in [1.54, 1.807) is 0 Å². The molecular formula is C21H18BrNO2. The molecule has 0 unspecified atom stereocenters. The van der Waals surface area contributed by atoms with Gasteiger partial charge in [-0.25, -0.2) is 0 Å². The average molecular weight is 396 g/mol. The molecule has 0 saturated heterocycles. The number of hydrogen-bond acceptors (Lipinski definition) is 2. The van der Waals surface area contributed by atoms with Gasteiger partial charge in [0, 0.05) is 5.69 Å². The van der Waals surface area contributed by atoms with E-state index in [0.717, 1.165) is 33.8 Å². The van der Waals surface area contributed by atoms with Crippen LogP contribution in [0.5, 0.6) is 5.75 Å². The molecule has 0 aliphatic heterocycles. The molecule has 1 aliphatic carbocycles. The molecule has 25 heavy (non-hydrogen) atoms. The molecule has 0 fully saturated rings. The van der Waals surface area contributed by atoms with E-state index in [4.69, 9.17) is 4.74 Å². The molecule has 3 aromatic rings. The van der Waals surface area contributed by atoms with Gasteiger partial charge in [0.1, 0.15) is 5.75 Å². The smallest absolute Gasteiger partial charge is 0.262 e. The third-order valence-electron chi connectivity index (χ3n) is 4.57. The molecule has 0 spiro atoms. The molecule has 0 bridgehead atoms. The van der Waals surface area contributed by atoms with Crippen LogP contribution in [0.4, 0.5) is 5.69 Å². The van der Waals surface area contributed by atoms with Crippen LogP contribution in [-0.4, -0.2) is 12.5 Å². The third-order valence-corrected chi connectivity index (χ3v) is 5.39. The number of aryl methyl sites for hydroxylation is 2. The first-order valence-electron chi connectivity index (χ1n) is 8.42. The van der Waals surface area contributed by atoms with Gasteiger partial charge in [-0.2, -0.15) is 0 Å². The first-order valence-corrected chi connectivity index (χ1v) is 9.22. The van der Waals surface area contributed by atoms with Crippen LogP contribution in [-0.2, 0) is 17.6 Å². The van der Waals surface area contributed by atoms with Crippen molar-refractivity contribution in [1.29, 1.82) is 0 Å². The van der Waals surface area contributed by atoms with Crippen molar-refractivity contribution < 1.29 is 9.53 Å². The van der Waals surface area contributed by atoms with Crippen LogP contribution in [0.2, 0.25) is 0 Å². The summed E-state index contributed by atoms with van der Waals surface area (Å²) in [5.41, 5.74) is 3.58. The zero-order valence-electron chi connectivity index (χ0n) is 13.7. The maximum absolute atomic E-state index is 12.2. The van der Waals surface area contributed by atoms with Gasteiger partial charge in [0.25, 0.3) is 5.91 Å². The second-order valence-corrected chi connectivity index (χ2v) is 7.07. The van der Waals surface area contributed by atoms with Gasteiger partial charge in [0.15, 0.2) is 6.61 Å². The van der Waals surface area contributed by atoms with Gasteiger partial charge in [-0.05, 0) is 75.3 Å². The summed E-state index contributed by atoms with van der Waals surface area (Å²) >= 11 is 3.58. The number of fused-ring (bicyclic) bond motifs is 2. The van der Waals surface area contributed by atoms with Crippen molar-refractivity contribution in [2.24, 2.45) is 0 Å². The Balaban J connectivity index is 1.43. The molecule has 4 heteroatoms. The summed E-state index contributed by atoms with van der Waals surface area (Å²) in [6, 6.07) is 18.1. The highest BCUT2D eigenvalue weighted by Crippen LogP contribution is 2.33. The SMILES string of the molecule is O=C(COc1ccc2ccccc2c1Br)Nc1ccc2c(c1)CCC2. The van der Waals surface area contributed by atoms with E-state index < -0.39 is 0 Å². The minimum atomic E-state index is -0.155. The molecule has 0 atom stereocenters. The second kappa shape index (κ2) is 6.89. The van der Waals surface area contributed by atoms with Crippen molar-refractivity contribution in [2.75, 3.05) is 11.9 Å². The van der Waals surface area contributed by atoms with Crippen LogP contribution in [0.25, 0.3) is 10.8 Å². The number of carbonyl (C=O) groups excluding carboxylic acids is 1. The number of ether oxygens (including phenoxy) is 1. The minimum absolute atomic E-state index is 0.0198. The van der Waals surface area contributed by atoms with Crippen LogP contribution < -0.4 is 10.1 Å². The van der Waals surface area contributed by atoms with Crippen LogP contribution in [0.1, 0.15) is 17.5 Å². The fourth-order valence-electron chi connectivity index (χ4n) is 3.32. The Morgan fingerprint density at radius 3 is 2.80 bits per heavy atom. The van der Waals surface area contributed by atoms with E-state index in [1.807, 2.05) is 42.5 Å². The Morgan fingerprint density at radius 2 is 1.88 bits per heavy atom. The van der Waals surface area contributed by atoms with Crippen LogP contribution in [0.3, 0.4) is 0 Å². The molecule has 0 heterocycles. The Kier molecular flexibility index (Phi) is 4.45. The summed E-state index contributed by atoms with van der Waals surface area (Å²) in [6.07, 6.45) is 3.44. The van der Waals surface area contributed by atoms with Crippen LogP contribution in [0, 0.1) is 0 Å². The third kappa shape index (κ3) is 3.40. The van der Waals surface area contributed by atoms with Crippen molar-refractivity contribution in [3.63, 3.8) is 0 Å². The summed E-state index contributed by atoms with van der Waals surface area (Å²) in [4.78, 5) is 12.2. The molecule has 3 nitrogen and oxygen atoms in total. The predicted octanol–water partition coefficient (Wildman–Crippen LogP) is 5.11. The molecule has 0 aromatic heterocycles. The highest BCUT2D eigenvalue weighted by molar-refractivity contribution is 9.10. The highest BCUT2D eigenvalue weighted by Gasteiger charge is 2.13. The molecule has 0 radical (unpaired) electrons. The molecule has 1 N–H and O–H groups in total. The summed E-state index contributed by atoms with van der Waals surface area (Å²) in [7, 11) is 0. The van der Waals surface area contributed by atoms with Crippen molar-refractivity contribution in [1.82, 2.24) is 0 Å². The molecule has 4 rings (SSSR count). The lowest BCUT2D eigenvalue weighted by Crippen LogP contribution is -2.20. The van der Waals surface area contributed by atoms with Gasteiger partial charge in [0.2, 0.25) is 0 Å². The summed E-state index contributed by atoms with van der Waals surface area (Å²) in [5, 5.41) is 5.12. The number of amides is 1. The molecular weight excluding hydrogens is 378 g/mol. The largest absolute Gasteiger partial charge is 0.483 e. The standard InChI is InChI=1S/C21H18BrNO2/c22-21-18-7-2-1-4-15(18)9-11-19(21)25-13-20(24)23-17-10-8-14-5-3-6-16(14)12-17/h1-2,4,7-12H,3,5-6,13H2,(H,23,24). The molecule has 1 aliphatic rings. The molecule has 126 valence electrons. The van der Waals surface area contributed by atoms with Crippen LogP contribution >= 0.6 is 15.9 Å². The van der Waals surface area contributed by atoms with Crippen molar-refractivity contribution in [2.45, 2.75) is 19.3 Å². The van der Waals surface area contributed by atoms with Gasteiger partial charge < -0.3 is 10.1 Å². The Hall–Kier alpha value is -2.33. The zero-order valence-corrected chi connectivity index (χ0v) is 15.3. The maximum Gasteiger partial charge on any atom is 0.262 e. The van der Waals surface area contributed by atoms with Gasteiger partial charge in [-0.3, -0.25) is 4.79 Å². The lowest BCUT2D eigenvalue weighted by molar-refractivity contribution is -0.118.